The Kier molecular flexibility index (Phi) is 4.93. The van der Waals surface area contributed by atoms with Crippen LogP contribution in [0.1, 0.15) is 38.1 Å². The molecule has 4 heteroatoms. The molecule has 0 radical (unpaired) electrons. The average molecular weight is 271 g/mol. The van der Waals surface area contributed by atoms with Gasteiger partial charge in [0.05, 0.1) is 6.61 Å². The number of anilines is 1. The van der Waals surface area contributed by atoms with Gasteiger partial charge < -0.3 is 10.1 Å². The van der Waals surface area contributed by atoms with E-state index in [-0.39, 0.29) is 5.92 Å². The zero-order valence-electron chi connectivity index (χ0n) is 12.3. The number of nitrogens with one attached hydrogen (secondary N) is 1. The number of rotatable bonds is 6. The highest BCUT2D eigenvalue weighted by Crippen LogP contribution is 2.19. The molecule has 0 aliphatic rings. The van der Waals surface area contributed by atoms with Crippen LogP contribution in [0.25, 0.3) is 0 Å². The van der Waals surface area contributed by atoms with Gasteiger partial charge in [-0.3, -0.25) is 0 Å². The quantitative estimate of drug-likeness (QED) is 0.872. The third-order valence-corrected chi connectivity index (χ3v) is 2.85. The number of hydrogen-bond donors (Lipinski definition) is 1. The zero-order valence-corrected chi connectivity index (χ0v) is 12.3. The molecule has 0 bridgehead atoms. The number of nitrogens with zero attached hydrogens (tertiary/aromatic N) is 2. The van der Waals surface area contributed by atoms with Gasteiger partial charge in [0.15, 0.2) is 0 Å². The molecular formula is C16H21N3O. The van der Waals surface area contributed by atoms with Crippen LogP contribution in [-0.4, -0.2) is 16.6 Å². The first-order chi connectivity index (χ1) is 9.69. The lowest BCUT2D eigenvalue weighted by Crippen LogP contribution is -2.07. The van der Waals surface area contributed by atoms with Gasteiger partial charge in [-0.15, -0.1) is 0 Å². The summed E-state index contributed by atoms with van der Waals surface area (Å²) in [5.74, 6) is 2.50. The molecule has 0 spiro atoms. The summed E-state index contributed by atoms with van der Waals surface area (Å²) in [7, 11) is 0. The first-order valence-electron chi connectivity index (χ1n) is 6.98. The van der Waals surface area contributed by atoms with E-state index in [0.717, 1.165) is 18.2 Å². The molecule has 2 rings (SSSR count). The van der Waals surface area contributed by atoms with Crippen molar-refractivity contribution < 1.29 is 4.74 Å². The van der Waals surface area contributed by atoms with Crippen molar-refractivity contribution in [3.8, 4) is 5.88 Å². The first kappa shape index (κ1) is 14.3. The van der Waals surface area contributed by atoms with Gasteiger partial charge in [-0.1, -0.05) is 44.2 Å². The highest BCUT2D eigenvalue weighted by atomic mass is 16.5. The van der Waals surface area contributed by atoms with Crippen LogP contribution >= 0.6 is 0 Å². The second kappa shape index (κ2) is 6.89. The highest BCUT2D eigenvalue weighted by molar-refractivity contribution is 5.39. The second-order valence-electron chi connectivity index (χ2n) is 4.88. The average Bonchev–Trinajstić information content (AvgIpc) is 2.46. The molecule has 2 aromatic rings. The molecule has 106 valence electrons. The summed E-state index contributed by atoms with van der Waals surface area (Å²) >= 11 is 0. The predicted molar refractivity (Wildman–Crippen MR) is 81.1 cm³/mol. The molecule has 0 saturated carbocycles. The van der Waals surface area contributed by atoms with Crippen molar-refractivity contribution >= 4 is 5.82 Å². The molecule has 1 aromatic heterocycles. The molecule has 20 heavy (non-hydrogen) atoms. The van der Waals surface area contributed by atoms with Crippen molar-refractivity contribution in [2.75, 3.05) is 11.9 Å². The van der Waals surface area contributed by atoms with E-state index >= 15 is 0 Å². The number of benzene rings is 1. The third-order valence-electron chi connectivity index (χ3n) is 2.85. The minimum absolute atomic E-state index is 0.271. The Morgan fingerprint density at radius 1 is 1.15 bits per heavy atom. The van der Waals surface area contributed by atoms with Gasteiger partial charge in [-0.2, -0.15) is 4.98 Å². The lowest BCUT2D eigenvalue weighted by molar-refractivity contribution is 0.324. The second-order valence-corrected chi connectivity index (χ2v) is 4.88. The van der Waals surface area contributed by atoms with Crippen molar-refractivity contribution in [3.63, 3.8) is 0 Å². The Hall–Kier alpha value is -2.10. The molecule has 0 atom stereocenters. The molecule has 0 aliphatic heterocycles. The van der Waals surface area contributed by atoms with Gasteiger partial charge in [-0.25, -0.2) is 4.98 Å². The minimum atomic E-state index is 0.271. The zero-order chi connectivity index (χ0) is 14.4. The summed E-state index contributed by atoms with van der Waals surface area (Å²) in [5, 5.41) is 3.32. The van der Waals surface area contributed by atoms with E-state index in [9.17, 15) is 0 Å². The Labute approximate surface area is 120 Å². The Bertz CT molecular complexity index is 541. The standard InChI is InChI=1S/C16H21N3O/c1-4-20-15-10-14(18-16(19-15)12(2)3)17-11-13-8-6-5-7-9-13/h5-10,12H,4,11H2,1-3H3,(H,17,18,19). The third kappa shape index (κ3) is 3.95. The van der Waals surface area contributed by atoms with E-state index in [1.807, 2.05) is 31.2 Å². The fourth-order valence-electron chi connectivity index (χ4n) is 1.80. The van der Waals surface area contributed by atoms with Crippen LogP contribution in [0.15, 0.2) is 36.4 Å². The van der Waals surface area contributed by atoms with Crippen molar-refractivity contribution in [1.29, 1.82) is 0 Å². The van der Waals surface area contributed by atoms with Gasteiger partial charge in [-0.05, 0) is 12.5 Å². The molecule has 0 saturated heterocycles. The number of ether oxygens (including phenoxy) is 1. The number of aromatic nitrogens is 2. The lowest BCUT2D eigenvalue weighted by Gasteiger charge is -2.11. The van der Waals surface area contributed by atoms with Crippen LogP contribution in [0.5, 0.6) is 5.88 Å². The summed E-state index contributed by atoms with van der Waals surface area (Å²) < 4.78 is 5.50. The Balaban J connectivity index is 2.13. The van der Waals surface area contributed by atoms with Crippen LogP contribution in [0.4, 0.5) is 5.82 Å². The van der Waals surface area contributed by atoms with Gasteiger partial charge in [0.2, 0.25) is 5.88 Å². The van der Waals surface area contributed by atoms with Gasteiger partial charge in [0, 0.05) is 18.5 Å². The fraction of sp³-hybridized carbons (Fsp3) is 0.375. The topological polar surface area (TPSA) is 47.0 Å². The maximum Gasteiger partial charge on any atom is 0.218 e. The maximum absolute atomic E-state index is 5.50. The van der Waals surface area contributed by atoms with Crippen molar-refractivity contribution in [3.05, 3.63) is 47.8 Å². The van der Waals surface area contributed by atoms with E-state index in [2.05, 4.69) is 41.3 Å². The van der Waals surface area contributed by atoms with Crippen LogP contribution in [0.3, 0.4) is 0 Å². The molecular weight excluding hydrogens is 250 g/mol. The minimum Gasteiger partial charge on any atom is -0.478 e. The fourth-order valence-corrected chi connectivity index (χ4v) is 1.80. The van der Waals surface area contributed by atoms with Crippen molar-refractivity contribution in [2.24, 2.45) is 0 Å². The molecule has 0 aliphatic carbocycles. The Morgan fingerprint density at radius 2 is 1.90 bits per heavy atom. The van der Waals surface area contributed by atoms with Crippen LogP contribution < -0.4 is 10.1 Å². The smallest absolute Gasteiger partial charge is 0.218 e. The molecule has 0 amide bonds. The van der Waals surface area contributed by atoms with Gasteiger partial charge in [0.1, 0.15) is 11.6 Å². The summed E-state index contributed by atoms with van der Waals surface area (Å²) in [6.07, 6.45) is 0. The van der Waals surface area contributed by atoms with E-state index in [1.165, 1.54) is 5.56 Å². The molecule has 1 N–H and O–H groups in total. The van der Waals surface area contributed by atoms with Crippen LogP contribution in [0.2, 0.25) is 0 Å². The summed E-state index contributed by atoms with van der Waals surface area (Å²) in [6, 6.07) is 12.1. The highest BCUT2D eigenvalue weighted by Gasteiger charge is 2.08. The molecule has 0 fully saturated rings. The maximum atomic E-state index is 5.50. The van der Waals surface area contributed by atoms with Crippen LogP contribution in [0, 0.1) is 0 Å². The summed E-state index contributed by atoms with van der Waals surface area (Å²) in [6.45, 7) is 7.44. The molecule has 1 heterocycles. The van der Waals surface area contributed by atoms with E-state index in [1.54, 1.807) is 0 Å². The number of hydrogen-bond acceptors (Lipinski definition) is 4. The molecule has 1 aromatic carbocycles. The summed E-state index contributed by atoms with van der Waals surface area (Å²) in [5.41, 5.74) is 1.22. The van der Waals surface area contributed by atoms with E-state index < -0.39 is 0 Å². The molecule has 0 unspecified atom stereocenters. The van der Waals surface area contributed by atoms with E-state index in [4.69, 9.17) is 4.74 Å². The van der Waals surface area contributed by atoms with Crippen molar-refractivity contribution in [1.82, 2.24) is 9.97 Å². The van der Waals surface area contributed by atoms with E-state index in [0.29, 0.717) is 12.5 Å². The van der Waals surface area contributed by atoms with Gasteiger partial charge in [0.25, 0.3) is 0 Å². The predicted octanol–water partition coefficient (Wildman–Crippen LogP) is 3.61. The van der Waals surface area contributed by atoms with Gasteiger partial charge >= 0.3 is 0 Å². The normalized spacial score (nSPS) is 10.6. The molecule has 4 nitrogen and oxygen atoms in total. The largest absolute Gasteiger partial charge is 0.478 e. The monoisotopic (exact) mass is 271 g/mol. The van der Waals surface area contributed by atoms with Crippen molar-refractivity contribution in [2.45, 2.75) is 33.2 Å². The summed E-state index contributed by atoms with van der Waals surface area (Å²) in [4.78, 5) is 8.93. The SMILES string of the molecule is CCOc1cc(NCc2ccccc2)nc(C(C)C)n1. The lowest BCUT2D eigenvalue weighted by atomic mass is 10.2. The first-order valence-corrected chi connectivity index (χ1v) is 6.98. The van der Waals surface area contributed by atoms with Crippen LogP contribution in [-0.2, 0) is 6.54 Å². The Morgan fingerprint density at radius 3 is 2.55 bits per heavy atom.